The van der Waals surface area contributed by atoms with Crippen LogP contribution in [0.3, 0.4) is 0 Å². The molecule has 0 bridgehead atoms. The van der Waals surface area contributed by atoms with Crippen LogP contribution in [-0.4, -0.2) is 23.2 Å². The van der Waals surface area contributed by atoms with E-state index in [1.54, 1.807) is 0 Å². The Labute approximate surface area is 125 Å². The Kier molecular flexibility index (Phi) is 5.44. The van der Waals surface area contributed by atoms with Crippen LogP contribution in [0, 0.1) is 0 Å². The van der Waals surface area contributed by atoms with Gasteiger partial charge in [0.15, 0.2) is 0 Å². The molecule has 1 aliphatic rings. The second-order valence-electron chi connectivity index (χ2n) is 5.65. The van der Waals surface area contributed by atoms with Crippen molar-refractivity contribution in [2.24, 2.45) is 0 Å². The van der Waals surface area contributed by atoms with Gasteiger partial charge in [-0.3, -0.25) is 4.79 Å². The van der Waals surface area contributed by atoms with Gasteiger partial charge in [0.05, 0.1) is 5.60 Å². The molecular formula is C16H22ClNO2. The molecule has 0 atom stereocenters. The number of amides is 1. The van der Waals surface area contributed by atoms with Crippen molar-refractivity contribution in [2.45, 2.75) is 50.5 Å². The lowest BCUT2D eigenvalue weighted by molar-refractivity contribution is -0.122. The van der Waals surface area contributed by atoms with Crippen LogP contribution < -0.4 is 5.32 Å². The summed E-state index contributed by atoms with van der Waals surface area (Å²) in [6.45, 7) is 0.369. The van der Waals surface area contributed by atoms with E-state index in [0.29, 0.717) is 24.4 Å². The minimum Gasteiger partial charge on any atom is -0.388 e. The maximum absolute atomic E-state index is 11.8. The van der Waals surface area contributed by atoms with Crippen LogP contribution in [0.25, 0.3) is 0 Å². The molecule has 0 saturated heterocycles. The molecule has 2 N–H and O–H groups in total. The molecule has 0 unspecified atom stereocenters. The molecule has 20 heavy (non-hydrogen) atoms. The molecule has 0 spiro atoms. The average Bonchev–Trinajstić information content (AvgIpc) is 2.45. The number of carbonyl (C=O) groups excluding carboxylic acids is 1. The van der Waals surface area contributed by atoms with Gasteiger partial charge in [-0.15, -0.1) is 0 Å². The van der Waals surface area contributed by atoms with Crippen LogP contribution in [0.15, 0.2) is 24.3 Å². The normalized spacial score (nSPS) is 17.7. The van der Waals surface area contributed by atoms with E-state index in [2.05, 4.69) is 5.32 Å². The van der Waals surface area contributed by atoms with E-state index < -0.39 is 5.60 Å². The second kappa shape index (κ2) is 7.09. The number of nitrogens with one attached hydrogen (secondary N) is 1. The Morgan fingerprint density at radius 2 is 1.95 bits per heavy atom. The summed E-state index contributed by atoms with van der Waals surface area (Å²) in [5.74, 6) is -0.0241. The standard InChI is InChI=1S/C16H22ClNO2/c17-14-7-3-2-6-13(14)8-9-15(19)18-12-16(20)10-4-1-5-11-16/h2-3,6-7,20H,1,4-5,8-12H2,(H,18,19). The molecule has 0 heterocycles. The summed E-state index contributed by atoms with van der Waals surface area (Å²) in [4.78, 5) is 11.8. The highest BCUT2D eigenvalue weighted by Crippen LogP contribution is 2.27. The third-order valence-corrected chi connectivity index (χ3v) is 4.35. The Balaban J connectivity index is 1.74. The highest BCUT2D eigenvalue weighted by Gasteiger charge is 2.29. The van der Waals surface area contributed by atoms with Gasteiger partial charge in [0.2, 0.25) is 5.91 Å². The van der Waals surface area contributed by atoms with Crippen molar-refractivity contribution in [3.63, 3.8) is 0 Å². The van der Waals surface area contributed by atoms with Crippen LogP contribution in [-0.2, 0) is 11.2 Å². The van der Waals surface area contributed by atoms with Gasteiger partial charge in [-0.25, -0.2) is 0 Å². The third kappa shape index (κ3) is 4.50. The lowest BCUT2D eigenvalue weighted by atomic mass is 9.85. The fourth-order valence-electron chi connectivity index (χ4n) is 2.69. The van der Waals surface area contributed by atoms with Gasteiger partial charge in [0.1, 0.15) is 0 Å². The van der Waals surface area contributed by atoms with Gasteiger partial charge in [-0.1, -0.05) is 49.1 Å². The fourth-order valence-corrected chi connectivity index (χ4v) is 2.92. The molecule has 110 valence electrons. The van der Waals surface area contributed by atoms with Crippen LogP contribution in [0.5, 0.6) is 0 Å². The molecular weight excluding hydrogens is 274 g/mol. The lowest BCUT2D eigenvalue weighted by Crippen LogP contribution is -2.44. The van der Waals surface area contributed by atoms with E-state index in [1.165, 1.54) is 6.42 Å². The van der Waals surface area contributed by atoms with Crippen molar-refractivity contribution in [2.75, 3.05) is 6.54 Å². The maximum Gasteiger partial charge on any atom is 0.220 e. The zero-order valence-electron chi connectivity index (χ0n) is 11.7. The van der Waals surface area contributed by atoms with Crippen molar-refractivity contribution in [3.8, 4) is 0 Å². The first-order valence-corrected chi connectivity index (χ1v) is 7.69. The first kappa shape index (κ1) is 15.3. The van der Waals surface area contributed by atoms with Crippen LogP contribution in [0.4, 0.5) is 0 Å². The third-order valence-electron chi connectivity index (χ3n) is 3.98. The van der Waals surface area contributed by atoms with E-state index >= 15 is 0 Å². The predicted octanol–water partition coefficient (Wildman–Crippen LogP) is 3.08. The molecule has 0 aliphatic heterocycles. The summed E-state index contributed by atoms with van der Waals surface area (Å²) < 4.78 is 0. The topological polar surface area (TPSA) is 49.3 Å². The van der Waals surface area contributed by atoms with Gasteiger partial charge in [-0.2, -0.15) is 0 Å². The number of aryl methyl sites for hydroxylation is 1. The van der Waals surface area contributed by atoms with E-state index in [9.17, 15) is 9.90 Å². The number of rotatable bonds is 5. The van der Waals surface area contributed by atoms with Crippen molar-refractivity contribution >= 4 is 17.5 Å². The lowest BCUT2D eigenvalue weighted by Gasteiger charge is -2.32. The average molecular weight is 296 g/mol. The van der Waals surface area contributed by atoms with E-state index in [0.717, 1.165) is 31.2 Å². The van der Waals surface area contributed by atoms with E-state index in [1.807, 2.05) is 24.3 Å². The highest BCUT2D eigenvalue weighted by molar-refractivity contribution is 6.31. The molecule has 3 nitrogen and oxygen atoms in total. The molecule has 1 aliphatic carbocycles. The van der Waals surface area contributed by atoms with Crippen molar-refractivity contribution in [1.82, 2.24) is 5.32 Å². The number of benzene rings is 1. The molecule has 0 radical (unpaired) electrons. The quantitative estimate of drug-likeness (QED) is 0.877. The smallest absolute Gasteiger partial charge is 0.220 e. The van der Waals surface area contributed by atoms with Gasteiger partial charge < -0.3 is 10.4 Å². The molecule has 1 amide bonds. The minimum absolute atomic E-state index is 0.0241. The molecule has 1 aromatic rings. The zero-order valence-corrected chi connectivity index (χ0v) is 12.5. The molecule has 0 aromatic heterocycles. The number of aliphatic hydroxyl groups is 1. The van der Waals surface area contributed by atoms with Crippen LogP contribution in [0.1, 0.15) is 44.1 Å². The van der Waals surface area contributed by atoms with Crippen molar-refractivity contribution in [1.29, 1.82) is 0 Å². The van der Waals surface area contributed by atoms with Gasteiger partial charge in [0, 0.05) is 18.0 Å². The molecule has 4 heteroatoms. The second-order valence-corrected chi connectivity index (χ2v) is 6.06. The van der Waals surface area contributed by atoms with Crippen molar-refractivity contribution < 1.29 is 9.90 Å². The van der Waals surface area contributed by atoms with Gasteiger partial charge in [0.25, 0.3) is 0 Å². The minimum atomic E-state index is -0.696. The number of halogens is 1. The Morgan fingerprint density at radius 1 is 1.25 bits per heavy atom. The van der Waals surface area contributed by atoms with E-state index in [4.69, 9.17) is 11.6 Å². The maximum atomic E-state index is 11.8. The summed E-state index contributed by atoms with van der Waals surface area (Å²) in [5, 5.41) is 13.9. The first-order chi connectivity index (χ1) is 9.59. The van der Waals surface area contributed by atoms with Gasteiger partial charge >= 0.3 is 0 Å². The summed E-state index contributed by atoms with van der Waals surface area (Å²) in [5.41, 5.74) is 0.291. The summed E-state index contributed by atoms with van der Waals surface area (Å²) >= 11 is 6.06. The highest BCUT2D eigenvalue weighted by atomic mass is 35.5. The van der Waals surface area contributed by atoms with Crippen LogP contribution in [0.2, 0.25) is 5.02 Å². The zero-order chi connectivity index (χ0) is 14.4. The summed E-state index contributed by atoms with van der Waals surface area (Å²) in [6.07, 6.45) is 5.89. The van der Waals surface area contributed by atoms with Gasteiger partial charge in [-0.05, 0) is 30.9 Å². The SMILES string of the molecule is O=C(CCc1ccccc1Cl)NCC1(O)CCCCC1. The number of carbonyl (C=O) groups is 1. The summed E-state index contributed by atoms with van der Waals surface area (Å²) in [6, 6.07) is 7.57. The summed E-state index contributed by atoms with van der Waals surface area (Å²) in [7, 11) is 0. The van der Waals surface area contributed by atoms with Crippen LogP contribution >= 0.6 is 11.6 Å². The Morgan fingerprint density at radius 3 is 2.65 bits per heavy atom. The molecule has 1 fully saturated rings. The fraction of sp³-hybridized carbons (Fsp3) is 0.562. The largest absolute Gasteiger partial charge is 0.388 e. The first-order valence-electron chi connectivity index (χ1n) is 7.32. The van der Waals surface area contributed by atoms with Crippen molar-refractivity contribution in [3.05, 3.63) is 34.9 Å². The number of hydrogen-bond acceptors (Lipinski definition) is 2. The molecule has 2 rings (SSSR count). The Hall–Kier alpha value is -1.06. The predicted molar refractivity (Wildman–Crippen MR) is 80.8 cm³/mol. The molecule has 1 aromatic carbocycles. The monoisotopic (exact) mass is 295 g/mol. The Bertz CT molecular complexity index is 456. The van der Waals surface area contributed by atoms with E-state index in [-0.39, 0.29) is 5.91 Å². The number of hydrogen-bond donors (Lipinski definition) is 2. The molecule has 1 saturated carbocycles.